The maximum absolute atomic E-state index is 14.0. The fourth-order valence-corrected chi connectivity index (χ4v) is 5.07. The molecule has 0 fully saturated rings. The van der Waals surface area contributed by atoms with Crippen molar-refractivity contribution >= 4 is 32.8 Å². The van der Waals surface area contributed by atoms with Crippen LogP contribution in [0.25, 0.3) is 5.52 Å². The topological polar surface area (TPSA) is 126 Å². The van der Waals surface area contributed by atoms with Crippen LogP contribution in [0.1, 0.15) is 16.7 Å². The molecule has 1 aliphatic heterocycles. The van der Waals surface area contributed by atoms with Crippen molar-refractivity contribution < 1.29 is 26.7 Å². The Morgan fingerprint density at radius 1 is 1.03 bits per heavy atom. The summed E-state index contributed by atoms with van der Waals surface area (Å²) in [5, 5.41) is 13.8. The monoisotopic (exact) mass is 500 g/mol. The van der Waals surface area contributed by atoms with Gasteiger partial charge in [-0.05, 0) is 48.0 Å². The summed E-state index contributed by atoms with van der Waals surface area (Å²) in [6.07, 6.45) is 0.667. The van der Waals surface area contributed by atoms with Crippen molar-refractivity contribution in [1.82, 2.24) is 4.40 Å². The van der Waals surface area contributed by atoms with E-state index in [1.807, 2.05) is 0 Å². The third-order valence-corrected chi connectivity index (χ3v) is 6.84. The van der Waals surface area contributed by atoms with Crippen LogP contribution in [0.4, 0.5) is 24.5 Å². The van der Waals surface area contributed by atoms with Crippen LogP contribution in [0.5, 0.6) is 5.75 Å². The highest BCUT2D eigenvalue weighted by Gasteiger charge is 2.30. The lowest BCUT2D eigenvalue weighted by atomic mass is 10.00. The molecule has 1 aliphatic rings. The van der Waals surface area contributed by atoms with Crippen molar-refractivity contribution in [3.05, 3.63) is 99.2 Å². The molecule has 2 aromatic heterocycles. The number of nitrogens with one attached hydrogen (secondary N) is 1. The lowest BCUT2D eigenvalue weighted by Gasteiger charge is -2.20. The number of nitrogen functional groups attached to an aromatic ring is 1. The first-order valence-corrected chi connectivity index (χ1v) is 11.5. The summed E-state index contributed by atoms with van der Waals surface area (Å²) in [7, 11) is -4.32. The molecule has 0 aliphatic carbocycles. The van der Waals surface area contributed by atoms with Crippen LogP contribution in [0.15, 0.2) is 68.8 Å². The third kappa shape index (κ3) is 3.77. The van der Waals surface area contributed by atoms with E-state index in [0.29, 0.717) is 0 Å². The number of aromatic hydroxyl groups is 1. The Bertz CT molecular complexity index is 1750. The van der Waals surface area contributed by atoms with Crippen LogP contribution in [0, 0.1) is 17.5 Å². The van der Waals surface area contributed by atoms with Gasteiger partial charge < -0.3 is 16.2 Å². The molecule has 2 aromatic carbocycles. The molecule has 12 heteroatoms. The standard InChI is InChI=1S/C23H15F3N4O4S/c24-12-2-6-18-14(7-11-1-4-15(25)16(26)8-11)21(31)20(23(32)30(18)10-12)22-28-17-5-3-13(27)9-19(17)35(33,34)29-22/h1-6,8-10,31H,7,27H2,(H,28,29). The fourth-order valence-electron chi connectivity index (χ4n) is 3.91. The molecule has 0 amide bonds. The van der Waals surface area contributed by atoms with Gasteiger partial charge in [0.2, 0.25) is 0 Å². The van der Waals surface area contributed by atoms with E-state index in [0.717, 1.165) is 28.8 Å². The van der Waals surface area contributed by atoms with Gasteiger partial charge >= 0.3 is 0 Å². The second-order valence-electron chi connectivity index (χ2n) is 7.83. The van der Waals surface area contributed by atoms with Gasteiger partial charge in [-0.25, -0.2) is 13.2 Å². The summed E-state index contributed by atoms with van der Waals surface area (Å²) in [5.41, 5.74) is 4.76. The summed E-state index contributed by atoms with van der Waals surface area (Å²) in [4.78, 5) is 13.0. The van der Waals surface area contributed by atoms with Gasteiger partial charge in [-0.2, -0.15) is 8.42 Å². The van der Waals surface area contributed by atoms with Crippen LogP contribution in [-0.4, -0.2) is 23.8 Å². The molecular formula is C23H15F3N4O4S. The van der Waals surface area contributed by atoms with Gasteiger partial charge in [0.15, 0.2) is 17.5 Å². The van der Waals surface area contributed by atoms with Crippen LogP contribution in [-0.2, 0) is 16.4 Å². The molecule has 0 spiro atoms. The van der Waals surface area contributed by atoms with Crippen molar-refractivity contribution in [2.24, 2.45) is 4.40 Å². The highest BCUT2D eigenvalue weighted by Crippen LogP contribution is 2.33. The van der Waals surface area contributed by atoms with Gasteiger partial charge in [0, 0.05) is 23.9 Å². The van der Waals surface area contributed by atoms with Gasteiger partial charge in [-0.15, -0.1) is 4.40 Å². The number of hydrogen-bond acceptors (Lipinski definition) is 6. The highest BCUT2D eigenvalue weighted by molar-refractivity contribution is 7.90. The summed E-state index contributed by atoms with van der Waals surface area (Å²) >= 11 is 0. The Morgan fingerprint density at radius 3 is 2.54 bits per heavy atom. The zero-order valence-corrected chi connectivity index (χ0v) is 18.4. The van der Waals surface area contributed by atoms with Gasteiger partial charge in [0.25, 0.3) is 15.6 Å². The first-order chi connectivity index (χ1) is 16.5. The second kappa shape index (κ2) is 7.87. The fraction of sp³-hybridized carbons (Fsp3) is 0.0435. The number of rotatable bonds is 3. The number of halogens is 3. The van der Waals surface area contributed by atoms with E-state index < -0.39 is 50.2 Å². The largest absolute Gasteiger partial charge is 0.507 e. The van der Waals surface area contributed by atoms with E-state index in [9.17, 15) is 31.5 Å². The molecule has 35 heavy (non-hydrogen) atoms. The number of hydrogen-bond donors (Lipinski definition) is 3. The van der Waals surface area contributed by atoms with Gasteiger partial charge in [-0.3, -0.25) is 9.20 Å². The molecule has 0 radical (unpaired) electrons. The number of aromatic nitrogens is 1. The number of fused-ring (bicyclic) bond motifs is 2. The highest BCUT2D eigenvalue weighted by atomic mass is 32.2. The van der Waals surface area contributed by atoms with Crippen molar-refractivity contribution in [3.8, 4) is 5.75 Å². The number of anilines is 2. The van der Waals surface area contributed by atoms with E-state index in [-0.39, 0.29) is 39.3 Å². The molecule has 5 rings (SSSR count). The van der Waals surface area contributed by atoms with Crippen LogP contribution < -0.4 is 16.6 Å². The van der Waals surface area contributed by atoms with E-state index >= 15 is 0 Å². The molecule has 3 heterocycles. The predicted molar refractivity (Wildman–Crippen MR) is 123 cm³/mol. The summed E-state index contributed by atoms with van der Waals surface area (Å²) in [6, 6.07) is 9.39. The molecule has 0 saturated heterocycles. The van der Waals surface area contributed by atoms with E-state index in [1.165, 1.54) is 30.3 Å². The number of amidine groups is 1. The first kappa shape index (κ1) is 22.5. The average molecular weight is 500 g/mol. The lowest BCUT2D eigenvalue weighted by Crippen LogP contribution is -2.31. The minimum absolute atomic E-state index is 0.0376. The smallest absolute Gasteiger partial charge is 0.286 e. The van der Waals surface area contributed by atoms with Gasteiger partial charge in [-0.1, -0.05) is 6.07 Å². The number of pyridine rings is 2. The Balaban J connectivity index is 1.77. The SMILES string of the molecule is Nc1ccc2c(c1)S(=O)(=O)N=C(c1c(O)c(Cc3ccc(F)c(F)c3)c3ccc(F)cn3c1=O)N2. The second-order valence-corrected chi connectivity index (χ2v) is 9.40. The van der Waals surface area contributed by atoms with E-state index in [4.69, 9.17) is 5.73 Å². The zero-order chi connectivity index (χ0) is 25.1. The molecule has 0 bridgehead atoms. The maximum atomic E-state index is 14.0. The molecular weight excluding hydrogens is 485 g/mol. The van der Waals surface area contributed by atoms with Crippen molar-refractivity contribution in [2.75, 3.05) is 11.1 Å². The third-order valence-electron chi connectivity index (χ3n) is 5.53. The first-order valence-electron chi connectivity index (χ1n) is 10.1. The predicted octanol–water partition coefficient (Wildman–Crippen LogP) is 3.16. The zero-order valence-electron chi connectivity index (χ0n) is 17.6. The summed E-state index contributed by atoms with van der Waals surface area (Å²) in [5.74, 6) is -4.10. The van der Waals surface area contributed by atoms with Crippen molar-refractivity contribution in [2.45, 2.75) is 11.3 Å². The molecule has 4 N–H and O–H groups in total. The van der Waals surface area contributed by atoms with Gasteiger partial charge in [0.05, 0.1) is 11.2 Å². The Kier molecular flexibility index (Phi) is 5.06. The van der Waals surface area contributed by atoms with Crippen LogP contribution in [0.3, 0.4) is 0 Å². The van der Waals surface area contributed by atoms with Gasteiger partial charge in [0.1, 0.15) is 22.0 Å². The number of nitrogens with zero attached hydrogens (tertiary/aromatic N) is 2. The Morgan fingerprint density at radius 2 is 1.80 bits per heavy atom. The summed E-state index contributed by atoms with van der Waals surface area (Å²) < 4.78 is 71.3. The van der Waals surface area contributed by atoms with Crippen molar-refractivity contribution in [3.63, 3.8) is 0 Å². The minimum Gasteiger partial charge on any atom is -0.507 e. The summed E-state index contributed by atoms with van der Waals surface area (Å²) in [6.45, 7) is 0. The average Bonchev–Trinajstić information content (AvgIpc) is 2.79. The minimum atomic E-state index is -4.32. The van der Waals surface area contributed by atoms with E-state index in [2.05, 4.69) is 9.71 Å². The molecule has 0 unspecified atom stereocenters. The van der Waals surface area contributed by atoms with Crippen LogP contribution >= 0.6 is 0 Å². The molecule has 178 valence electrons. The Hall–Kier alpha value is -4.32. The van der Waals surface area contributed by atoms with E-state index in [1.54, 1.807) is 0 Å². The molecule has 0 saturated carbocycles. The normalized spacial score (nSPS) is 14.3. The molecule has 0 atom stereocenters. The number of nitrogens with two attached hydrogens (primary N) is 1. The Labute approximate surface area is 195 Å². The number of sulfonamides is 1. The van der Waals surface area contributed by atoms with Crippen LogP contribution in [0.2, 0.25) is 0 Å². The quantitative estimate of drug-likeness (QED) is 0.371. The number of benzene rings is 2. The van der Waals surface area contributed by atoms with Crippen molar-refractivity contribution in [1.29, 1.82) is 0 Å². The lowest BCUT2D eigenvalue weighted by molar-refractivity contribution is 0.466. The molecule has 8 nitrogen and oxygen atoms in total. The maximum Gasteiger partial charge on any atom is 0.286 e. The molecule has 4 aromatic rings.